The SMILES string of the molecule is CC(F)(F)c1cc(N)ccc1OCC(F)(F)F. The van der Waals surface area contributed by atoms with Crippen LogP contribution in [0.5, 0.6) is 5.75 Å². The van der Waals surface area contributed by atoms with Gasteiger partial charge in [-0.2, -0.15) is 13.2 Å². The molecule has 0 bridgehead atoms. The normalized spacial score (nSPS) is 12.6. The summed E-state index contributed by atoms with van der Waals surface area (Å²) < 4.78 is 66.3. The molecular weight excluding hydrogens is 245 g/mol. The van der Waals surface area contributed by atoms with Crippen LogP contribution in [-0.2, 0) is 5.92 Å². The number of hydrogen-bond acceptors (Lipinski definition) is 2. The van der Waals surface area contributed by atoms with E-state index in [2.05, 4.69) is 4.74 Å². The summed E-state index contributed by atoms with van der Waals surface area (Å²) in [6.07, 6.45) is -4.58. The van der Waals surface area contributed by atoms with E-state index in [0.717, 1.165) is 12.1 Å². The van der Waals surface area contributed by atoms with Crippen LogP contribution in [-0.4, -0.2) is 12.8 Å². The maximum Gasteiger partial charge on any atom is 0.422 e. The number of nitrogens with two attached hydrogens (primary N) is 1. The zero-order valence-corrected chi connectivity index (χ0v) is 8.81. The molecule has 2 nitrogen and oxygen atoms in total. The van der Waals surface area contributed by atoms with Gasteiger partial charge < -0.3 is 10.5 Å². The third-order valence-corrected chi connectivity index (χ3v) is 1.87. The van der Waals surface area contributed by atoms with Crippen LogP contribution < -0.4 is 10.5 Å². The summed E-state index contributed by atoms with van der Waals surface area (Å²) in [6.45, 7) is -1.07. The average Bonchev–Trinajstić information content (AvgIpc) is 2.13. The minimum atomic E-state index is -4.58. The van der Waals surface area contributed by atoms with Gasteiger partial charge in [0, 0.05) is 12.6 Å². The minimum absolute atomic E-state index is 0.0286. The van der Waals surface area contributed by atoms with E-state index in [-0.39, 0.29) is 5.69 Å². The van der Waals surface area contributed by atoms with Crippen molar-refractivity contribution in [3.63, 3.8) is 0 Å². The van der Waals surface area contributed by atoms with E-state index in [0.29, 0.717) is 6.92 Å². The fourth-order valence-electron chi connectivity index (χ4n) is 1.18. The average molecular weight is 255 g/mol. The second kappa shape index (κ2) is 4.38. The summed E-state index contributed by atoms with van der Waals surface area (Å²) in [5, 5.41) is 0. The Bertz CT molecular complexity index is 397. The molecule has 7 heteroatoms. The largest absolute Gasteiger partial charge is 0.484 e. The summed E-state index contributed by atoms with van der Waals surface area (Å²) in [6, 6.07) is 3.08. The van der Waals surface area contributed by atoms with Crippen molar-refractivity contribution in [2.75, 3.05) is 12.3 Å². The van der Waals surface area contributed by atoms with Crippen LogP contribution in [0.15, 0.2) is 18.2 Å². The third-order valence-electron chi connectivity index (χ3n) is 1.87. The molecule has 0 heterocycles. The quantitative estimate of drug-likeness (QED) is 0.664. The molecule has 0 atom stereocenters. The number of rotatable bonds is 3. The number of benzene rings is 1. The molecule has 0 fully saturated rings. The third kappa shape index (κ3) is 4.08. The maximum absolute atomic E-state index is 13.1. The van der Waals surface area contributed by atoms with Gasteiger partial charge in [-0.3, -0.25) is 0 Å². The second-order valence-corrected chi connectivity index (χ2v) is 3.55. The van der Waals surface area contributed by atoms with Crippen LogP contribution in [0.4, 0.5) is 27.6 Å². The second-order valence-electron chi connectivity index (χ2n) is 3.55. The van der Waals surface area contributed by atoms with E-state index >= 15 is 0 Å². The Morgan fingerprint density at radius 2 is 1.76 bits per heavy atom. The molecule has 0 aliphatic rings. The van der Waals surface area contributed by atoms with Crippen LogP contribution in [0, 0.1) is 0 Å². The van der Waals surface area contributed by atoms with Crippen LogP contribution in [0.25, 0.3) is 0 Å². The molecule has 2 N–H and O–H groups in total. The molecule has 0 aliphatic carbocycles. The van der Waals surface area contributed by atoms with Gasteiger partial charge in [-0.15, -0.1) is 0 Å². The molecule has 1 rings (SSSR count). The molecule has 96 valence electrons. The molecule has 0 amide bonds. The maximum atomic E-state index is 13.1. The first-order valence-electron chi connectivity index (χ1n) is 4.57. The smallest absolute Gasteiger partial charge is 0.422 e. The van der Waals surface area contributed by atoms with Crippen molar-refractivity contribution in [2.45, 2.75) is 19.0 Å². The monoisotopic (exact) mass is 255 g/mol. The van der Waals surface area contributed by atoms with Crippen molar-refractivity contribution in [1.82, 2.24) is 0 Å². The predicted octanol–water partition coefficient (Wildman–Crippen LogP) is 3.32. The molecule has 0 radical (unpaired) electrons. The van der Waals surface area contributed by atoms with E-state index < -0.39 is 30.0 Å². The Morgan fingerprint density at radius 1 is 1.18 bits per heavy atom. The Balaban J connectivity index is 2.99. The van der Waals surface area contributed by atoms with Crippen LogP contribution >= 0.6 is 0 Å². The van der Waals surface area contributed by atoms with Crippen LogP contribution in [0.3, 0.4) is 0 Å². The highest BCUT2D eigenvalue weighted by atomic mass is 19.4. The first-order valence-corrected chi connectivity index (χ1v) is 4.57. The lowest BCUT2D eigenvalue weighted by Gasteiger charge is -2.17. The molecular formula is C10H10F5NO. The van der Waals surface area contributed by atoms with E-state index in [1.165, 1.54) is 6.07 Å². The van der Waals surface area contributed by atoms with Gasteiger partial charge in [-0.1, -0.05) is 0 Å². The number of nitrogen functional groups attached to an aromatic ring is 1. The highest BCUT2D eigenvalue weighted by Gasteiger charge is 2.32. The Labute approximate surface area is 94.2 Å². The molecule has 0 spiro atoms. The molecule has 0 saturated heterocycles. The summed E-state index contributed by atoms with van der Waals surface area (Å²) in [7, 11) is 0. The highest BCUT2D eigenvalue weighted by molar-refractivity contribution is 5.49. The van der Waals surface area contributed by atoms with Gasteiger partial charge in [0.2, 0.25) is 0 Å². The number of ether oxygens (including phenoxy) is 1. The van der Waals surface area contributed by atoms with Gasteiger partial charge in [0.05, 0.1) is 5.56 Å². The molecule has 0 aliphatic heterocycles. The lowest BCUT2D eigenvalue weighted by Crippen LogP contribution is -2.21. The fourth-order valence-corrected chi connectivity index (χ4v) is 1.18. The minimum Gasteiger partial charge on any atom is -0.484 e. The first-order chi connectivity index (χ1) is 7.59. The van der Waals surface area contributed by atoms with Crippen molar-refractivity contribution in [3.05, 3.63) is 23.8 Å². The van der Waals surface area contributed by atoms with Gasteiger partial charge in [-0.05, 0) is 18.2 Å². The van der Waals surface area contributed by atoms with Crippen molar-refractivity contribution in [2.24, 2.45) is 0 Å². The zero-order chi connectivity index (χ0) is 13.3. The van der Waals surface area contributed by atoms with Crippen molar-refractivity contribution in [1.29, 1.82) is 0 Å². The van der Waals surface area contributed by atoms with Crippen LogP contribution in [0.2, 0.25) is 0 Å². The molecule has 1 aromatic rings. The van der Waals surface area contributed by atoms with Gasteiger partial charge >= 0.3 is 6.18 Å². The van der Waals surface area contributed by atoms with E-state index in [9.17, 15) is 22.0 Å². The molecule has 1 aromatic carbocycles. The standard InChI is InChI=1S/C10H10F5NO/c1-9(11,12)7-4-6(16)2-3-8(7)17-5-10(13,14)15/h2-4H,5,16H2,1H3. The van der Waals surface area contributed by atoms with Crippen molar-refractivity contribution in [3.8, 4) is 5.75 Å². The fraction of sp³-hybridized carbons (Fsp3) is 0.400. The summed E-state index contributed by atoms with van der Waals surface area (Å²) >= 11 is 0. The van der Waals surface area contributed by atoms with E-state index in [1.807, 2.05) is 0 Å². The summed E-state index contributed by atoms with van der Waals surface area (Å²) in [5.41, 5.74) is 4.66. The number of anilines is 1. The Kier molecular flexibility index (Phi) is 3.49. The van der Waals surface area contributed by atoms with E-state index in [4.69, 9.17) is 5.73 Å². The molecule has 0 saturated carbocycles. The van der Waals surface area contributed by atoms with Gasteiger partial charge in [0.1, 0.15) is 5.75 Å². The highest BCUT2D eigenvalue weighted by Crippen LogP contribution is 2.36. The Morgan fingerprint density at radius 3 is 2.24 bits per heavy atom. The first kappa shape index (κ1) is 13.5. The molecule has 0 unspecified atom stereocenters. The van der Waals surface area contributed by atoms with Crippen molar-refractivity contribution < 1.29 is 26.7 Å². The lowest BCUT2D eigenvalue weighted by molar-refractivity contribution is -0.154. The number of hydrogen-bond donors (Lipinski definition) is 1. The Hall–Kier alpha value is -1.53. The van der Waals surface area contributed by atoms with E-state index in [1.54, 1.807) is 0 Å². The van der Waals surface area contributed by atoms with Crippen LogP contribution in [0.1, 0.15) is 12.5 Å². The predicted molar refractivity (Wildman–Crippen MR) is 52.0 cm³/mol. The van der Waals surface area contributed by atoms with Crippen molar-refractivity contribution >= 4 is 5.69 Å². The zero-order valence-electron chi connectivity index (χ0n) is 8.81. The summed E-state index contributed by atoms with van der Waals surface area (Å²) in [4.78, 5) is 0. The van der Waals surface area contributed by atoms with Gasteiger partial charge in [0.15, 0.2) is 6.61 Å². The topological polar surface area (TPSA) is 35.2 Å². The molecule has 17 heavy (non-hydrogen) atoms. The molecule has 0 aromatic heterocycles. The summed E-state index contributed by atoms with van der Waals surface area (Å²) in [5.74, 6) is -3.85. The van der Waals surface area contributed by atoms with Gasteiger partial charge in [-0.25, -0.2) is 8.78 Å². The van der Waals surface area contributed by atoms with Gasteiger partial charge in [0.25, 0.3) is 5.92 Å². The lowest BCUT2D eigenvalue weighted by atomic mass is 10.1. The number of alkyl halides is 5. The number of halogens is 5.